The Morgan fingerprint density at radius 3 is 2.58 bits per heavy atom. The van der Waals surface area contributed by atoms with Gasteiger partial charge in [-0.15, -0.1) is 0 Å². The van der Waals surface area contributed by atoms with Crippen LogP contribution in [0.3, 0.4) is 0 Å². The molecule has 19 heavy (non-hydrogen) atoms. The Hall–Kier alpha value is -1.62. The van der Waals surface area contributed by atoms with Crippen LogP contribution in [0.25, 0.3) is 0 Å². The lowest BCUT2D eigenvalue weighted by Gasteiger charge is -2.07. The van der Waals surface area contributed by atoms with E-state index >= 15 is 0 Å². The summed E-state index contributed by atoms with van der Waals surface area (Å²) in [5, 5.41) is 4.41. The molecule has 2 rings (SSSR count). The normalized spacial score (nSPS) is 10.5. The molecule has 0 bridgehead atoms. The standard InChI is InChI=1S/C14H15BrN2O2/c1-3-12-14(15)13(17(2)16-12)9-19-11-6-4-10(8-18)5-7-11/h4-8H,3,9H2,1-2H3. The van der Waals surface area contributed by atoms with Gasteiger partial charge in [0.15, 0.2) is 0 Å². The molecular formula is C14H15BrN2O2. The van der Waals surface area contributed by atoms with Crippen molar-refractivity contribution in [3.63, 3.8) is 0 Å². The molecule has 0 saturated heterocycles. The van der Waals surface area contributed by atoms with Crippen LogP contribution in [0.1, 0.15) is 28.7 Å². The van der Waals surface area contributed by atoms with Crippen molar-refractivity contribution in [3.05, 3.63) is 45.7 Å². The van der Waals surface area contributed by atoms with Gasteiger partial charge < -0.3 is 4.74 Å². The molecule has 0 N–H and O–H groups in total. The van der Waals surface area contributed by atoms with Gasteiger partial charge in [0.1, 0.15) is 18.6 Å². The van der Waals surface area contributed by atoms with Crippen LogP contribution in [0, 0.1) is 0 Å². The maximum Gasteiger partial charge on any atom is 0.150 e. The van der Waals surface area contributed by atoms with Crippen molar-refractivity contribution in [1.82, 2.24) is 9.78 Å². The first-order valence-electron chi connectivity index (χ1n) is 6.04. The fourth-order valence-corrected chi connectivity index (χ4v) is 2.50. The summed E-state index contributed by atoms with van der Waals surface area (Å²) in [7, 11) is 1.90. The van der Waals surface area contributed by atoms with E-state index in [0.717, 1.165) is 34.3 Å². The fraction of sp³-hybridized carbons (Fsp3) is 0.286. The summed E-state index contributed by atoms with van der Waals surface area (Å²) in [6.07, 6.45) is 1.69. The summed E-state index contributed by atoms with van der Waals surface area (Å²) in [6, 6.07) is 7.04. The Labute approximate surface area is 120 Å². The summed E-state index contributed by atoms with van der Waals surface area (Å²) < 4.78 is 8.53. The highest BCUT2D eigenvalue weighted by molar-refractivity contribution is 9.10. The third-order valence-electron chi connectivity index (χ3n) is 2.89. The van der Waals surface area contributed by atoms with Crippen LogP contribution in [-0.4, -0.2) is 16.1 Å². The highest BCUT2D eigenvalue weighted by atomic mass is 79.9. The molecule has 100 valence electrons. The molecule has 0 radical (unpaired) electrons. The van der Waals surface area contributed by atoms with Crippen molar-refractivity contribution in [1.29, 1.82) is 0 Å². The Morgan fingerprint density at radius 2 is 2.05 bits per heavy atom. The van der Waals surface area contributed by atoms with Crippen molar-refractivity contribution in [3.8, 4) is 5.75 Å². The van der Waals surface area contributed by atoms with Crippen molar-refractivity contribution in [2.24, 2.45) is 7.05 Å². The summed E-state index contributed by atoms with van der Waals surface area (Å²) >= 11 is 3.55. The molecule has 2 aromatic rings. The maximum atomic E-state index is 10.6. The number of halogens is 1. The third-order valence-corrected chi connectivity index (χ3v) is 3.81. The molecule has 0 aliphatic rings. The Balaban J connectivity index is 2.09. The number of nitrogens with zero attached hydrogens (tertiary/aromatic N) is 2. The van der Waals surface area contributed by atoms with E-state index in [1.165, 1.54) is 0 Å². The summed E-state index contributed by atoms with van der Waals surface area (Å²) in [5.74, 6) is 0.733. The van der Waals surface area contributed by atoms with Crippen molar-refractivity contribution in [2.45, 2.75) is 20.0 Å². The third kappa shape index (κ3) is 3.04. The first-order valence-corrected chi connectivity index (χ1v) is 6.83. The summed E-state index contributed by atoms with van der Waals surface area (Å²) in [4.78, 5) is 10.6. The predicted molar refractivity (Wildman–Crippen MR) is 76.4 cm³/mol. The Kier molecular flexibility index (Phi) is 4.37. The van der Waals surface area contributed by atoms with Crippen LogP contribution in [0.5, 0.6) is 5.75 Å². The van der Waals surface area contributed by atoms with Gasteiger partial charge in [-0.2, -0.15) is 5.10 Å². The van der Waals surface area contributed by atoms with Crippen LogP contribution < -0.4 is 4.74 Å². The van der Waals surface area contributed by atoms with Gasteiger partial charge in [-0.05, 0) is 46.6 Å². The van der Waals surface area contributed by atoms with E-state index in [-0.39, 0.29) is 0 Å². The zero-order valence-electron chi connectivity index (χ0n) is 10.9. The molecule has 0 spiro atoms. The average Bonchev–Trinajstić information content (AvgIpc) is 2.72. The van der Waals surface area contributed by atoms with E-state index < -0.39 is 0 Å². The molecule has 4 nitrogen and oxygen atoms in total. The smallest absolute Gasteiger partial charge is 0.150 e. The monoisotopic (exact) mass is 322 g/mol. The van der Waals surface area contributed by atoms with Crippen molar-refractivity contribution >= 4 is 22.2 Å². The van der Waals surface area contributed by atoms with Gasteiger partial charge in [0, 0.05) is 12.6 Å². The van der Waals surface area contributed by atoms with E-state index in [1.54, 1.807) is 24.3 Å². The quantitative estimate of drug-likeness (QED) is 0.794. The minimum atomic E-state index is 0.435. The lowest BCUT2D eigenvalue weighted by Crippen LogP contribution is -2.03. The molecule has 5 heteroatoms. The van der Waals surface area contributed by atoms with E-state index in [9.17, 15) is 4.79 Å². The molecule has 0 saturated carbocycles. The Bertz CT molecular complexity index is 576. The topological polar surface area (TPSA) is 44.1 Å². The molecule has 0 aliphatic heterocycles. The number of hydrogen-bond acceptors (Lipinski definition) is 3. The Morgan fingerprint density at radius 1 is 1.37 bits per heavy atom. The van der Waals surface area contributed by atoms with Crippen LogP contribution in [0.4, 0.5) is 0 Å². The molecule has 0 unspecified atom stereocenters. The second kappa shape index (κ2) is 6.02. The van der Waals surface area contributed by atoms with Gasteiger partial charge >= 0.3 is 0 Å². The largest absolute Gasteiger partial charge is 0.487 e. The highest BCUT2D eigenvalue weighted by Gasteiger charge is 2.12. The van der Waals surface area contributed by atoms with Gasteiger partial charge in [0.25, 0.3) is 0 Å². The van der Waals surface area contributed by atoms with E-state index in [1.807, 2.05) is 11.7 Å². The first kappa shape index (κ1) is 13.8. The fourth-order valence-electron chi connectivity index (χ4n) is 1.77. The second-order valence-corrected chi connectivity index (χ2v) is 4.95. The number of rotatable bonds is 5. The number of carbonyl (C=O) groups is 1. The van der Waals surface area contributed by atoms with Crippen LogP contribution in [0.15, 0.2) is 28.7 Å². The van der Waals surface area contributed by atoms with Gasteiger partial charge in [-0.1, -0.05) is 6.92 Å². The highest BCUT2D eigenvalue weighted by Crippen LogP contribution is 2.23. The van der Waals surface area contributed by atoms with Crippen molar-refractivity contribution < 1.29 is 9.53 Å². The molecule has 0 amide bonds. The first-order chi connectivity index (χ1) is 9.15. The number of aryl methyl sites for hydroxylation is 2. The molecule has 0 aliphatic carbocycles. The number of ether oxygens (including phenoxy) is 1. The van der Waals surface area contributed by atoms with Gasteiger partial charge in [-0.3, -0.25) is 9.48 Å². The minimum absolute atomic E-state index is 0.435. The molecule has 0 fully saturated rings. The average molecular weight is 323 g/mol. The number of aldehydes is 1. The predicted octanol–water partition coefficient (Wildman–Crippen LogP) is 3.14. The maximum absolute atomic E-state index is 10.6. The molecule has 1 heterocycles. The molecule has 0 atom stereocenters. The number of hydrogen-bond donors (Lipinski definition) is 0. The van der Waals surface area contributed by atoms with Crippen LogP contribution in [0.2, 0.25) is 0 Å². The second-order valence-electron chi connectivity index (χ2n) is 4.16. The van der Waals surface area contributed by atoms with E-state index in [0.29, 0.717) is 12.2 Å². The van der Waals surface area contributed by atoms with Crippen LogP contribution in [-0.2, 0) is 20.1 Å². The van der Waals surface area contributed by atoms with Gasteiger partial charge in [0.05, 0.1) is 15.9 Å². The number of carbonyl (C=O) groups excluding carboxylic acids is 1. The number of benzene rings is 1. The van der Waals surface area contributed by atoms with Crippen molar-refractivity contribution in [2.75, 3.05) is 0 Å². The minimum Gasteiger partial charge on any atom is -0.487 e. The lowest BCUT2D eigenvalue weighted by molar-refractivity contribution is 0.112. The van der Waals surface area contributed by atoms with Crippen LogP contribution >= 0.6 is 15.9 Å². The summed E-state index contributed by atoms with van der Waals surface area (Å²) in [6.45, 7) is 2.50. The lowest BCUT2D eigenvalue weighted by atomic mass is 10.2. The van der Waals surface area contributed by atoms with Gasteiger partial charge in [0.2, 0.25) is 0 Å². The zero-order chi connectivity index (χ0) is 13.8. The summed E-state index contributed by atoms with van der Waals surface area (Å²) in [5.41, 5.74) is 2.66. The zero-order valence-corrected chi connectivity index (χ0v) is 12.5. The van der Waals surface area contributed by atoms with E-state index in [2.05, 4.69) is 28.0 Å². The SMILES string of the molecule is CCc1nn(C)c(COc2ccc(C=O)cc2)c1Br. The molecular weight excluding hydrogens is 308 g/mol. The number of aromatic nitrogens is 2. The molecule has 1 aromatic heterocycles. The van der Waals surface area contributed by atoms with Gasteiger partial charge in [-0.25, -0.2) is 0 Å². The molecule has 1 aromatic carbocycles. The van der Waals surface area contributed by atoms with E-state index in [4.69, 9.17) is 4.74 Å².